The highest BCUT2D eigenvalue weighted by atomic mass is 16.6. The van der Waals surface area contributed by atoms with Crippen molar-refractivity contribution in [3.63, 3.8) is 0 Å². The summed E-state index contributed by atoms with van der Waals surface area (Å²) in [5, 5.41) is 4.23. The van der Waals surface area contributed by atoms with Crippen molar-refractivity contribution in [3.05, 3.63) is 24.2 Å². The van der Waals surface area contributed by atoms with Gasteiger partial charge in [0.1, 0.15) is 11.4 Å². The zero-order valence-corrected chi connectivity index (χ0v) is 22.7. The molecule has 8 heteroatoms. The van der Waals surface area contributed by atoms with Crippen molar-refractivity contribution in [2.45, 2.75) is 96.1 Å². The molecule has 1 saturated carbocycles. The first-order chi connectivity index (χ1) is 17.2. The molecule has 2 aromatic rings. The molecule has 0 N–H and O–H groups in total. The summed E-state index contributed by atoms with van der Waals surface area (Å²) < 4.78 is 11.3. The fraction of sp³-hybridized carbons (Fsp3) is 0.714. The Balaban J connectivity index is 1.40. The number of likely N-dealkylation sites (N-methyl/N-ethyl adjacent to an activating group) is 1. The highest BCUT2D eigenvalue weighted by Crippen LogP contribution is 2.32. The topological polar surface area (TPSA) is 84.6 Å². The molecule has 8 nitrogen and oxygen atoms in total. The summed E-state index contributed by atoms with van der Waals surface area (Å²) in [6.07, 6.45) is 11.9. The number of ether oxygens (including phenoxy) is 1. The monoisotopic (exact) mass is 497 g/mol. The summed E-state index contributed by atoms with van der Waals surface area (Å²) >= 11 is 0. The smallest absolute Gasteiger partial charge is 0.307 e. The summed E-state index contributed by atoms with van der Waals surface area (Å²) in [6, 6.07) is 4.58. The summed E-state index contributed by atoms with van der Waals surface area (Å²) in [5.74, 6) is 2.44. The van der Waals surface area contributed by atoms with Crippen LogP contribution in [0.15, 0.2) is 22.9 Å². The van der Waals surface area contributed by atoms with Gasteiger partial charge in [-0.15, -0.1) is 0 Å². The van der Waals surface area contributed by atoms with E-state index in [0.717, 1.165) is 43.2 Å². The van der Waals surface area contributed by atoms with Crippen LogP contribution in [0.2, 0.25) is 0 Å². The average molecular weight is 498 g/mol. The Morgan fingerprint density at radius 3 is 2.58 bits per heavy atom. The molecule has 4 rings (SSSR count). The quantitative estimate of drug-likeness (QED) is 0.401. The SMILES string of the molecule is CN(C)C1CN(c2ccc(-c3noc(C(CCCC4CCCCC4)CC(=O)OC(C)(C)C)n3)cn2)C1. The van der Waals surface area contributed by atoms with E-state index < -0.39 is 5.60 Å². The maximum absolute atomic E-state index is 12.7. The summed E-state index contributed by atoms with van der Waals surface area (Å²) in [4.78, 5) is 26.5. The number of anilines is 1. The molecule has 198 valence electrons. The minimum absolute atomic E-state index is 0.138. The second-order valence-electron chi connectivity index (χ2n) is 11.8. The molecule has 2 aliphatic rings. The molecule has 1 atom stereocenters. The molecule has 1 unspecified atom stereocenters. The van der Waals surface area contributed by atoms with Gasteiger partial charge in [0.05, 0.1) is 6.42 Å². The minimum atomic E-state index is -0.514. The van der Waals surface area contributed by atoms with Crippen LogP contribution in [0.25, 0.3) is 11.4 Å². The van der Waals surface area contributed by atoms with Crippen molar-refractivity contribution in [2.24, 2.45) is 5.92 Å². The van der Waals surface area contributed by atoms with Crippen LogP contribution in [0.3, 0.4) is 0 Å². The van der Waals surface area contributed by atoms with Gasteiger partial charge in [-0.2, -0.15) is 4.98 Å². The molecule has 3 heterocycles. The molecule has 1 aliphatic carbocycles. The van der Waals surface area contributed by atoms with Crippen molar-refractivity contribution in [3.8, 4) is 11.4 Å². The highest BCUT2D eigenvalue weighted by molar-refractivity contribution is 5.70. The molecule has 0 radical (unpaired) electrons. The molecule has 0 amide bonds. The van der Waals surface area contributed by atoms with Gasteiger partial charge in [-0.25, -0.2) is 4.98 Å². The van der Waals surface area contributed by atoms with Crippen molar-refractivity contribution < 1.29 is 14.1 Å². The maximum atomic E-state index is 12.7. The molecular weight excluding hydrogens is 454 g/mol. The zero-order chi connectivity index (χ0) is 25.7. The largest absolute Gasteiger partial charge is 0.460 e. The van der Waals surface area contributed by atoms with Crippen LogP contribution in [0.4, 0.5) is 5.82 Å². The number of nitrogens with zero attached hydrogens (tertiary/aromatic N) is 5. The number of carbonyl (C=O) groups is 1. The van der Waals surface area contributed by atoms with Crippen LogP contribution >= 0.6 is 0 Å². The van der Waals surface area contributed by atoms with E-state index in [1.54, 1.807) is 6.20 Å². The third-order valence-corrected chi connectivity index (χ3v) is 7.44. The molecule has 1 aliphatic heterocycles. The van der Waals surface area contributed by atoms with Crippen LogP contribution in [0, 0.1) is 5.92 Å². The van der Waals surface area contributed by atoms with Gasteiger partial charge in [-0.3, -0.25) is 4.79 Å². The zero-order valence-electron chi connectivity index (χ0n) is 22.7. The van der Waals surface area contributed by atoms with Gasteiger partial charge in [-0.1, -0.05) is 50.1 Å². The number of hydrogen-bond donors (Lipinski definition) is 0. The lowest BCUT2D eigenvalue weighted by atomic mass is 9.84. The van der Waals surface area contributed by atoms with Crippen LogP contribution in [0.5, 0.6) is 0 Å². The van der Waals surface area contributed by atoms with E-state index in [-0.39, 0.29) is 18.3 Å². The predicted molar refractivity (Wildman–Crippen MR) is 141 cm³/mol. The Labute approximate surface area is 215 Å². The number of aromatic nitrogens is 3. The van der Waals surface area contributed by atoms with Gasteiger partial charge in [0.2, 0.25) is 11.7 Å². The van der Waals surface area contributed by atoms with E-state index >= 15 is 0 Å². The van der Waals surface area contributed by atoms with E-state index in [4.69, 9.17) is 14.2 Å². The Morgan fingerprint density at radius 2 is 1.94 bits per heavy atom. The lowest BCUT2D eigenvalue weighted by Crippen LogP contribution is -2.57. The number of esters is 1. The van der Waals surface area contributed by atoms with E-state index in [1.165, 1.54) is 38.5 Å². The highest BCUT2D eigenvalue weighted by Gasteiger charge is 2.30. The first-order valence-corrected chi connectivity index (χ1v) is 13.6. The average Bonchev–Trinajstić information content (AvgIpc) is 3.27. The molecular formula is C28H43N5O3. The summed E-state index contributed by atoms with van der Waals surface area (Å²) in [5.41, 5.74) is 0.303. The number of hydrogen-bond acceptors (Lipinski definition) is 8. The van der Waals surface area contributed by atoms with Gasteiger partial charge in [0.25, 0.3) is 0 Å². The lowest BCUT2D eigenvalue weighted by Gasteiger charge is -2.43. The Kier molecular flexibility index (Phi) is 8.65. The maximum Gasteiger partial charge on any atom is 0.307 e. The fourth-order valence-corrected chi connectivity index (χ4v) is 5.22. The summed E-state index contributed by atoms with van der Waals surface area (Å²) in [6.45, 7) is 7.65. The van der Waals surface area contributed by atoms with Crippen molar-refractivity contribution in [2.75, 3.05) is 32.1 Å². The van der Waals surface area contributed by atoms with E-state index in [1.807, 2.05) is 32.9 Å². The molecule has 2 aromatic heterocycles. The predicted octanol–water partition coefficient (Wildman–Crippen LogP) is 5.45. The Morgan fingerprint density at radius 1 is 1.19 bits per heavy atom. The molecule has 0 spiro atoms. The third kappa shape index (κ3) is 7.28. The van der Waals surface area contributed by atoms with Crippen LogP contribution in [-0.2, 0) is 9.53 Å². The van der Waals surface area contributed by atoms with Crippen LogP contribution in [0.1, 0.15) is 90.4 Å². The Hall–Kier alpha value is -2.48. The van der Waals surface area contributed by atoms with E-state index in [0.29, 0.717) is 17.8 Å². The van der Waals surface area contributed by atoms with Crippen molar-refractivity contribution in [1.29, 1.82) is 0 Å². The van der Waals surface area contributed by atoms with Gasteiger partial charge < -0.3 is 19.1 Å². The van der Waals surface area contributed by atoms with Gasteiger partial charge >= 0.3 is 5.97 Å². The van der Waals surface area contributed by atoms with Crippen molar-refractivity contribution >= 4 is 11.8 Å². The fourth-order valence-electron chi connectivity index (χ4n) is 5.22. The third-order valence-electron chi connectivity index (χ3n) is 7.44. The van der Waals surface area contributed by atoms with Crippen LogP contribution < -0.4 is 4.90 Å². The molecule has 0 aromatic carbocycles. The standard InChI is InChI=1S/C28H43N5O3/c1-28(2,3)35-25(34)16-21(13-9-12-20-10-7-6-8-11-20)27-30-26(31-36-27)22-14-15-24(29-17-22)33-18-23(19-33)32(4)5/h14-15,17,20-21,23H,6-13,16,18-19H2,1-5H3. The Bertz CT molecular complexity index is 970. The molecule has 1 saturated heterocycles. The van der Waals surface area contributed by atoms with E-state index in [2.05, 4.69) is 34.0 Å². The second kappa shape index (κ2) is 11.7. The number of carbonyl (C=O) groups excluding carboxylic acids is 1. The molecule has 36 heavy (non-hydrogen) atoms. The van der Waals surface area contributed by atoms with Crippen LogP contribution in [-0.4, -0.2) is 64.8 Å². The molecule has 0 bridgehead atoms. The minimum Gasteiger partial charge on any atom is -0.460 e. The van der Waals surface area contributed by atoms with Gasteiger partial charge in [0.15, 0.2) is 0 Å². The first kappa shape index (κ1) is 26.6. The van der Waals surface area contributed by atoms with Crippen molar-refractivity contribution in [1.82, 2.24) is 20.0 Å². The first-order valence-electron chi connectivity index (χ1n) is 13.6. The summed E-state index contributed by atoms with van der Waals surface area (Å²) in [7, 11) is 4.22. The second-order valence-corrected chi connectivity index (χ2v) is 11.8. The van der Waals surface area contributed by atoms with E-state index in [9.17, 15) is 4.79 Å². The molecule has 2 fully saturated rings. The number of pyridine rings is 1. The normalized spacial score (nSPS) is 18.3. The van der Waals surface area contributed by atoms with Gasteiger partial charge in [0, 0.05) is 36.8 Å². The number of rotatable bonds is 10. The van der Waals surface area contributed by atoms with Gasteiger partial charge in [-0.05, 0) is 59.3 Å². The lowest BCUT2D eigenvalue weighted by molar-refractivity contribution is -0.155.